The van der Waals surface area contributed by atoms with Gasteiger partial charge in [-0.2, -0.15) is 0 Å². The zero-order valence-electron chi connectivity index (χ0n) is 19.1. The number of hydrogen-bond acceptors (Lipinski definition) is 4. The van der Waals surface area contributed by atoms with Crippen LogP contribution in [0.4, 0.5) is 14.9 Å². The van der Waals surface area contributed by atoms with Crippen LogP contribution in [-0.2, 0) is 17.7 Å². The first-order chi connectivity index (χ1) is 15.2. The number of rotatable bonds is 6. The van der Waals surface area contributed by atoms with E-state index in [1.165, 1.54) is 6.07 Å². The molecule has 1 aromatic heterocycles. The monoisotopic (exact) mass is 438 g/mol. The van der Waals surface area contributed by atoms with Crippen molar-refractivity contribution >= 4 is 22.8 Å². The van der Waals surface area contributed by atoms with Crippen molar-refractivity contribution in [2.24, 2.45) is 5.41 Å². The summed E-state index contributed by atoms with van der Waals surface area (Å²) >= 11 is 0. The van der Waals surface area contributed by atoms with Crippen LogP contribution in [0.1, 0.15) is 33.3 Å². The van der Waals surface area contributed by atoms with E-state index >= 15 is 0 Å². The second-order valence-electron chi connectivity index (χ2n) is 9.66. The van der Waals surface area contributed by atoms with Gasteiger partial charge in [-0.05, 0) is 49.2 Å². The number of carbonyl (C=O) groups excluding carboxylic acids is 1. The molecule has 4 rings (SSSR count). The Balaban J connectivity index is 1.38. The Morgan fingerprint density at radius 2 is 2.00 bits per heavy atom. The van der Waals surface area contributed by atoms with Crippen molar-refractivity contribution in [3.63, 3.8) is 0 Å². The summed E-state index contributed by atoms with van der Waals surface area (Å²) in [6.07, 6.45) is 1.85. The molecule has 0 radical (unpaired) electrons. The Hall–Kier alpha value is -3.09. The van der Waals surface area contributed by atoms with E-state index in [4.69, 9.17) is 4.74 Å². The topological polar surface area (TPSA) is 59.4 Å². The lowest BCUT2D eigenvalue weighted by Crippen LogP contribution is -2.45. The van der Waals surface area contributed by atoms with E-state index in [-0.39, 0.29) is 23.4 Å². The van der Waals surface area contributed by atoms with E-state index in [1.807, 2.05) is 41.8 Å². The van der Waals surface area contributed by atoms with E-state index in [0.29, 0.717) is 13.1 Å². The number of halogens is 1. The molecule has 0 saturated heterocycles. The molecule has 0 aliphatic carbocycles. The highest BCUT2D eigenvalue weighted by atomic mass is 19.1. The molecule has 1 N–H and O–H groups in total. The van der Waals surface area contributed by atoms with E-state index in [1.54, 1.807) is 12.4 Å². The molecule has 1 aliphatic rings. The average molecular weight is 439 g/mol. The van der Waals surface area contributed by atoms with Gasteiger partial charge in [0, 0.05) is 30.2 Å². The van der Waals surface area contributed by atoms with Crippen LogP contribution in [-0.4, -0.2) is 40.9 Å². The van der Waals surface area contributed by atoms with Crippen LogP contribution in [0.2, 0.25) is 0 Å². The Morgan fingerprint density at radius 1 is 1.22 bits per heavy atom. The molecule has 2 aromatic carbocycles. The van der Waals surface area contributed by atoms with E-state index in [0.717, 1.165) is 35.2 Å². The van der Waals surface area contributed by atoms with Crippen molar-refractivity contribution in [2.75, 3.05) is 18.0 Å². The highest BCUT2D eigenvalue weighted by molar-refractivity contribution is 5.75. The van der Waals surface area contributed by atoms with Crippen molar-refractivity contribution in [2.45, 2.75) is 52.8 Å². The van der Waals surface area contributed by atoms with Crippen molar-refractivity contribution in [1.29, 1.82) is 0 Å². The van der Waals surface area contributed by atoms with Crippen molar-refractivity contribution in [3.05, 3.63) is 60.2 Å². The van der Waals surface area contributed by atoms with Crippen LogP contribution < -0.4 is 10.2 Å². The maximum Gasteiger partial charge on any atom is 0.407 e. The molecule has 0 saturated carbocycles. The molecule has 1 amide bonds. The number of aromatic nitrogens is 2. The first-order valence-corrected chi connectivity index (χ1v) is 11.1. The summed E-state index contributed by atoms with van der Waals surface area (Å²) < 4.78 is 21.4. The lowest BCUT2D eigenvalue weighted by atomic mass is 9.89. The minimum atomic E-state index is -0.430. The smallest absolute Gasteiger partial charge is 0.407 e. The van der Waals surface area contributed by atoms with Gasteiger partial charge in [0.05, 0.1) is 23.9 Å². The third-order valence-electron chi connectivity index (χ3n) is 6.00. The molecule has 2 heterocycles. The number of anilines is 1. The third-order valence-corrected chi connectivity index (χ3v) is 6.00. The van der Waals surface area contributed by atoms with Gasteiger partial charge in [-0.3, -0.25) is 0 Å². The number of amides is 1. The molecule has 0 fully saturated rings. The summed E-state index contributed by atoms with van der Waals surface area (Å²) in [4.78, 5) is 19.4. The zero-order valence-corrected chi connectivity index (χ0v) is 19.1. The van der Waals surface area contributed by atoms with Gasteiger partial charge in [-0.1, -0.05) is 32.9 Å². The Labute approximate surface area is 188 Å². The highest BCUT2D eigenvalue weighted by Gasteiger charge is 2.30. The molecule has 3 aromatic rings. The number of para-hydroxylation sites is 2. The molecular formula is C25H31FN4O2. The maximum atomic E-state index is 13.5. The first kappa shape index (κ1) is 22.1. The fraction of sp³-hybridized carbons (Fsp3) is 0.440. The minimum absolute atomic E-state index is 0.117. The summed E-state index contributed by atoms with van der Waals surface area (Å²) in [5, 5.41) is 2.97. The maximum absolute atomic E-state index is 13.5. The van der Waals surface area contributed by atoms with E-state index in [2.05, 4.69) is 36.0 Å². The van der Waals surface area contributed by atoms with Crippen LogP contribution in [0.5, 0.6) is 0 Å². The molecule has 2 atom stereocenters. The van der Waals surface area contributed by atoms with Crippen LogP contribution in [0.25, 0.3) is 11.0 Å². The summed E-state index contributed by atoms with van der Waals surface area (Å²) in [7, 11) is 0. The summed E-state index contributed by atoms with van der Waals surface area (Å²) in [5.74, 6) is -0.209. The zero-order chi connectivity index (χ0) is 22.9. The molecular weight excluding hydrogens is 407 g/mol. The quantitative estimate of drug-likeness (QED) is 0.602. The fourth-order valence-corrected chi connectivity index (χ4v) is 4.19. The summed E-state index contributed by atoms with van der Waals surface area (Å²) in [5.41, 5.74) is 3.74. The van der Waals surface area contributed by atoms with Crippen LogP contribution in [0.3, 0.4) is 0 Å². The summed E-state index contributed by atoms with van der Waals surface area (Å²) in [6, 6.07) is 12.7. The second-order valence-corrected chi connectivity index (χ2v) is 9.66. The second kappa shape index (κ2) is 8.81. The molecule has 6 nitrogen and oxygen atoms in total. The Morgan fingerprint density at radius 3 is 2.78 bits per heavy atom. The molecule has 7 heteroatoms. The molecule has 0 bridgehead atoms. The van der Waals surface area contributed by atoms with Crippen LogP contribution >= 0.6 is 0 Å². The number of alkyl carbamates (subject to hydrolysis) is 1. The Kier molecular flexibility index (Phi) is 6.09. The molecule has 170 valence electrons. The van der Waals surface area contributed by atoms with Gasteiger partial charge in [0.2, 0.25) is 0 Å². The average Bonchev–Trinajstić information content (AvgIpc) is 3.30. The molecule has 1 aliphatic heterocycles. The van der Waals surface area contributed by atoms with Gasteiger partial charge in [0.15, 0.2) is 0 Å². The van der Waals surface area contributed by atoms with E-state index in [9.17, 15) is 9.18 Å². The van der Waals surface area contributed by atoms with Gasteiger partial charge in [-0.25, -0.2) is 14.2 Å². The van der Waals surface area contributed by atoms with Crippen molar-refractivity contribution < 1.29 is 13.9 Å². The number of imidazole rings is 1. The first-order valence-electron chi connectivity index (χ1n) is 11.1. The molecule has 0 spiro atoms. The fourth-order valence-electron chi connectivity index (χ4n) is 4.19. The van der Waals surface area contributed by atoms with Gasteiger partial charge in [-0.15, -0.1) is 0 Å². The number of carbonyl (C=O) groups is 1. The molecule has 0 unspecified atom stereocenters. The number of nitrogens with zero attached hydrogens (tertiary/aromatic N) is 3. The normalized spacial score (nSPS) is 15.5. The standard InChI is InChI=1S/C25H31FN4O2/c1-17(14-29-12-11-18-13-19(26)9-10-21(18)29)28-24(31)32-23(25(2,3)4)15-30-16-27-20-7-5-6-8-22(20)30/h5-10,13,16-17,23H,11-12,14-15H2,1-4H3,(H,28,31)/t17-,23+/m0/s1. The summed E-state index contributed by atoms with van der Waals surface area (Å²) in [6.45, 7) is 10.1. The van der Waals surface area contributed by atoms with Gasteiger partial charge >= 0.3 is 6.09 Å². The lowest BCUT2D eigenvalue weighted by Gasteiger charge is -2.31. The minimum Gasteiger partial charge on any atom is -0.444 e. The van der Waals surface area contributed by atoms with Gasteiger partial charge in [0.25, 0.3) is 0 Å². The van der Waals surface area contributed by atoms with Crippen molar-refractivity contribution in [1.82, 2.24) is 14.9 Å². The van der Waals surface area contributed by atoms with E-state index < -0.39 is 6.09 Å². The predicted octanol–water partition coefficient (Wildman–Crippen LogP) is 4.77. The third kappa shape index (κ3) is 4.87. The number of hydrogen-bond donors (Lipinski definition) is 1. The predicted molar refractivity (Wildman–Crippen MR) is 124 cm³/mol. The van der Waals surface area contributed by atoms with Gasteiger partial charge < -0.3 is 19.5 Å². The van der Waals surface area contributed by atoms with Gasteiger partial charge in [0.1, 0.15) is 11.9 Å². The Bertz CT molecular complexity index is 1100. The van der Waals surface area contributed by atoms with Crippen LogP contribution in [0.15, 0.2) is 48.8 Å². The lowest BCUT2D eigenvalue weighted by molar-refractivity contribution is 0.0200. The number of ether oxygens (including phenoxy) is 1. The number of nitrogens with one attached hydrogen (secondary N) is 1. The molecule has 32 heavy (non-hydrogen) atoms. The van der Waals surface area contributed by atoms with Crippen molar-refractivity contribution in [3.8, 4) is 0 Å². The number of benzene rings is 2. The SMILES string of the molecule is C[C@@H](CN1CCc2cc(F)ccc21)NC(=O)O[C@H](Cn1cnc2ccccc21)C(C)(C)C. The highest BCUT2D eigenvalue weighted by Crippen LogP contribution is 2.29. The largest absolute Gasteiger partial charge is 0.444 e. The van der Waals surface area contributed by atoms with Crippen LogP contribution in [0, 0.1) is 11.2 Å². The number of fused-ring (bicyclic) bond motifs is 2.